The van der Waals surface area contributed by atoms with Gasteiger partial charge in [0.2, 0.25) is 11.1 Å². The van der Waals surface area contributed by atoms with Gasteiger partial charge in [0, 0.05) is 11.6 Å². The summed E-state index contributed by atoms with van der Waals surface area (Å²) in [4.78, 5) is 12.8. The predicted octanol–water partition coefficient (Wildman–Crippen LogP) is 2.91. The molecule has 1 heterocycles. The molecule has 8 heteroatoms. The van der Waals surface area contributed by atoms with E-state index in [0.717, 1.165) is 18.4 Å². The fourth-order valence-corrected chi connectivity index (χ4v) is 3.63. The number of benzene rings is 2. The molecule has 0 saturated heterocycles. The fraction of sp³-hybridized carbons (Fsp3) is 0.211. The molecular formula is C19H18FN5OS. The number of carbonyl (C=O) groups is 1. The molecule has 3 aromatic rings. The monoisotopic (exact) mass is 383 g/mol. The number of nitrogens with zero attached hydrogens (tertiary/aromatic N) is 3. The topological polar surface area (TPSA) is 85.8 Å². The first-order valence-corrected chi connectivity index (χ1v) is 9.48. The molecule has 2 aromatic carbocycles. The van der Waals surface area contributed by atoms with Crippen LogP contribution in [0, 0.1) is 5.82 Å². The van der Waals surface area contributed by atoms with Crippen molar-refractivity contribution in [1.29, 1.82) is 0 Å². The maximum atomic E-state index is 13.1. The summed E-state index contributed by atoms with van der Waals surface area (Å²) in [5.74, 6) is 6.16. The molecule has 1 aromatic heterocycles. The van der Waals surface area contributed by atoms with Crippen LogP contribution >= 0.6 is 11.8 Å². The van der Waals surface area contributed by atoms with Gasteiger partial charge in [-0.15, -0.1) is 10.2 Å². The van der Waals surface area contributed by atoms with Gasteiger partial charge in [0.1, 0.15) is 11.1 Å². The molecule has 138 valence electrons. The molecule has 27 heavy (non-hydrogen) atoms. The number of halogens is 1. The average molecular weight is 383 g/mol. The molecule has 3 N–H and O–H groups in total. The van der Waals surface area contributed by atoms with Crippen LogP contribution in [-0.4, -0.2) is 26.8 Å². The van der Waals surface area contributed by atoms with Gasteiger partial charge in [-0.25, -0.2) is 9.07 Å². The lowest BCUT2D eigenvalue weighted by atomic mass is 10.1. The Hall–Kier alpha value is -2.87. The zero-order valence-corrected chi connectivity index (χ0v) is 15.2. The van der Waals surface area contributed by atoms with Crippen LogP contribution in [0.2, 0.25) is 0 Å². The second-order valence-corrected chi connectivity index (χ2v) is 7.45. The van der Waals surface area contributed by atoms with Crippen molar-refractivity contribution in [3.8, 4) is 11.4 Å². The predicted molar refractivity (Wildman–Crippen MR) is 102 cm³/mol. The van der Waals surface area contributed by atoms with Crippen LogP contribution in [0.1, 0.15) is 23.7 Å². The number of nitrogens with one attached hydrogen (secondary N) is 1. The highest BCUT2D eigenvalue weighted by Crippen LogP contribution is 2.36. The lowest BCUT2D eigenvalue weighted by Gasteiger charge is -2.16. The number of hydrogen-bond donors (Lipinski definition) is 2. The van der Waals surface area contributed by atoms with Crippen LogP contribution in [0.15, 0.2) is 59.8 Å². The van der Waals surface area contributed by atoms with Crippen molar-refractivity contribution < 1.29 is 9.18 Å². The summed E-state index contributed by atoms with van der Waals surface area (Å²) in [6.45, 7) is 0. The quantitative estimate of drug-likeness (QED) is 0.505. The third-order valence-electron chi connectivity index (χ3n) is 4.25. The minimum Gasteiger partial charge on any atom is -0.352 e. The number of hydrogen-bond acceptors (Lipinski definition) is 5. The Balaban J connectivity index is 1.61. The first kappa shape index (κ1) is 17.5. The summed E-state index contributed by atoms with van der Waals surface area (Å²) in [7, 11) is 0. The van der Waals surface area contributed by atoms with E-state index >= 15 is 0 Å². The van der Waals surface area contributed by atoms with E-state index in [4.69, 9.17) is 5.84 Å². The third-order valence-corrected chi connectivity index (χ3v) is 5.47. The number of rotatable bonds is 6. The average Bonchev–Trinajstić information content (AvgIpc) is 3.42. The van der Waals surface area contributed by atoms with E-state index in [1.807, 2.05) is 30.3 Å². The third kappa shape index (κ3) is 3.95. The summed E-state index contributed by atoms with van der Waals surface area (Å²) in [5, 5.41) is 11.2. The van der Waals surface area contributed by atoms with E-state index in [9.17, 15) is 9.18 Å². The second kappa shape index (κ2) is 7.40. The molecule has 1 aliphatic rings. The highest BCUT2D eigenvalue weighted by Gasteiger charge is 2.30. The van der Waals surface area contributed by atoms with Crippen LogP contribution in [0.25, 0.3) is 11.4 Å². The van der Waals surface area contributed by atoms with Gasteiger partial charge in [-0.3, -0.25) is 4.79 Å². The molecule has 6 nitrogen and oxygen atoms in total. The van der Waals surface area contributed by atoms with E-state index in [1.54, 1.807) is 12.1 Å². The minimum absolute atomic E-state index is 0.0694. The van der Waals surface area contributed by atoms with Crippen molar-refractivity contribution in [3.05, 3.63) is 66.0 Å². The Labute approximate surface area is 160 Å². The van der Waals surface area contributed by atoms with Gasteiger partial charge < -0.3 is 11.2 Å². The van der Waals surface area contributed by atoms with E-state index < -0.39 is 5.25 Å². The normalized spacial score (nSPS) is 14.7. The van der Waals surface area contributed by atoms with Gasteiger partial charge in [-0.2, -0.15) is 0 Å². The number of thioether (sulfide) groups is 1. The standard InChI is InChI=1S/C19H18FN5OS/c20-14-8-6-13(7-9-14)17-23-24-19(25(17)21)27-16(12-4-2-1-3-5-12)18(26)22-15-10-11-15/h1-9,15-16H,10-11,21H2,(H,22,26)/t16-/m0/s1. The van der Waals surface area contributed by atoms with Crippen molar-refractivity contribution >= 4 is 17.7 Å². The highest BCUT2D eigenvalue weighted by atomic mass is 32.2. The van der Waals surface area contributed by atoms with Gasteiger partial charge in [0.05, 0.1) is 0 Å². The molecule has 1 amide bonds. The van der Waals surface area contributed by atoms with E-state index in [1.165, 1.54) is 28.6 Å². The zero-order valence-electron chi connectivity index (χ0n) is 14.4. The number of aromatic nitrogens is 3. The van der Waals surface area contributed by atoms with Crippen LogP contribution < -0.4 is 11.2 Å². The number of carbonyl (C=O) groups excluding carboxylic acids is 1. The molecule has 0 aliphatic heterocycles. The first-order valence-electron chi connectivity index (χ1n) is 8.60. The smallest absolute Gasteiger partial charge is 0.238 e. The molecule has 4 rings (SSSR count). The summed E-state index contributed by atoms with van der Waals surface area (Å²) in [6, 6.07) is 15.6. The van der Waals surface area contributed by atoms with Gasteiger partial charge in [0.25, 0.3) is 0 Å². The van der Waals surface area contributed by atoms with Crippen molar-refractivity contribution in [3.63, 3.8) is 0 Å². The van der Waals surface area contributed by atoms with E-state index in [0.29, 0.717) is 16.5 Å². The van der Waals surface area contributed by atoms with Crippen molar-refractivity contribution in [1.82, 2.24) is 20.2 Å². The fourth-order valence-electron chi connectivity index (χ4n) is 2.66. The molecule has 1 fully saturated rings. The molecule has 1 atom stereocenters. The zero-order chi connectivity index (χ0) is 18.8. The lowest BCUT2D eigenvalue weighted by molar-refractivity contribution is -0.120. The summed E-state index contributed by atoms with van der Waals surface area (Å²) >= 11 is 1.24. The van der Waals surface area contributed by atoms with Crippen LogP contribution in [0.3, 0.4) is 0 Å². The molecule has 0 unspecified atom stereocenters. The molecule has 0 radical (unpaired) electrons. The number of nitrogen functional groups attached to an aromatic ring is 1. The molecular weight excluding hydrogens is 365 g/mol. The van der Waals surface area contributed by atoms with Gasteiger partial charge in [-0.1, -0.05) is 42.1 Å². The SMILES string of the molecule is Nn1c(S[C@H](C(=O)NC2CC2)c2ccccc2)nnc1-c1ccc(F)cc1. The Morgan fingerprint density at radius 2 is 1.85 bits per heavy atom. The lowest BCUT2D eigenvalue weighted by Crippen LogP contribution is -2.30. The van der Waals surface area contributed by atoms with Crippen LogP contribution in [0.4, 0.5) is 4.39 Å². The second-order valence-electron chi connectivity index (χ2n) is 6.37. The Morgan fingerprint density at radius 1 is 1.15 bits per heavy atom. The van der Waals surface area contributed by atoms with Gasteiger partial charge in [-0.05, 0) is 42.7 Å². The minimum atomic E-state index is -0.487. The van der Waals surface area contributed by atoms with Gasteiger partial charge in [0.15, 0.2) is 5.82 Å². The Kier molecular flexibility index (Phi) is 4.81. The van der Waals surface area contributed by atoms with Crippen molar-refractivity contribution in [2.24, 2.45) is 0 Å². The summed E-state index contributed by atoms with van der Waals surface area (Å²) < 4.78 is 14.5. The van der Waals surface area contributed by atoms with Crippen LogP contribution in [-0.2, 0) is 4.79 Å². The largest absolute Gasteiger partial charge is 0.352 e. The van der Waals surface area contributed by atoms with E-state index in [2.05, 4.69) is 15.5 Å². The summed E-state index contributed by atoms with van der Waals surface area (Å²) in [6.07, 6.45) is 2.03. The maximum Gasteiger partial charge on any atom is 0.238 e. The Morgan fingerprint density at radius 3 is 2.52 bits per heavy atom. The maximum absolute atomic E-state index is 13.1. The summed E-state index contributed by atoms with van der Waals surface area (Å²) in [5.41, 5.74) is 1.52. The highest BCUT2D eigenvalue weighted by molar-refractivity contribution is 8.00. The van der Waals surface area contributed by atoms with E-state index in [-0.39, 0.29) is 17.8 Å². The van der Waals surface area contributed by atoms with Gasteiger partial charge >= 0.3 is 0 Å². The number of amides is 1. The van der Waals surface area contributed by atoms with Crippen molar-refractivity contribution in [2.45, 2.75) is 29.3 Å². The molecule has 0 spiro atoms. The molecule has 1 saturated carbocycles. The number of nitrogens with two attached hydrogens (primary N) is 1. The first-order chi connectivity index (χ1) is 13.1. The van der Waals surface area contributed by atoms with Crippen LogP contribution in [0.5, 0.6) is 0 Å². The van der Waals surface area contributed by atoms with Crippen molar-refractivity contribution in [2.75, 3.05) is 5.84 Å². The Bertz CT molecular complexity index is 940. The molecule has 0 bridgehead atoms. The molecule has 1 aliphatic carbocycles.